The first kappa shape index (κ1) is 23.9. The van der Waals surface area contributed by atoms with Crippen LogP contribution < -0.4 is 0 Å². The maximum atomic E-state index is 11.9. The zero-order valence-electron chi connectivity index (χ0n) is 16.6. The highest BCUT2D eigenvalue weighted by Crippen LogP contribution is 2.14. The SMILES string of the molecule is [CH2]CCCCCCCCCCCCCCCCCCCCCCF. The van der Waals surface area contributed by atoms with Crippen LogP contribution in [0.25, 0.3) is 0 Å². The van der Waals surface area contributed by atoms with E-state index in [-0.39, 0.29) is 6.67 Å². The van der Waals surface area contributed by atoms with Gasteiger partial charge in [-0.2, -0.15) is 0 Å². The predicted octanol–water partition coefficient (Wildman–Crippen LogP) is 8.98. The van der Waals surface area contributed by atoms with E-state index in [2.05, 4.69) is 6.92 Å². The Morgan fingerprint density at radius 3 is 0.750 bits per heavy atom. The Labute approximate surface area is 153 Å². The van der Waals surface area contributed by atoms with Gasteiger partial charge in [-0.05, 0) is 6.42 Å². The van der Waals surface area contributed by atoms with Gasteiger partial charge in [-0.1, -0.05) is 135 Å². The third kappa shape index (κ3) is 21.9. The second-order valence-corrected chi connectivity index (χ2v) is 7.61. The highest BCUT2D eigenvalue weighted by molar-refractivity contribution is 4.51. The van der Waals surface area contributed by atoms with Crippen LogP contribution in [0.5, 0.6) is 0 Å². The quantitative estimate of drug-likeness (QED) is 0.183. The van der Waals surface area contributed by atoms with Gasteiger partial charge in [0.2, 0.25) is 0 Å². The summed E-state index contributed by atoms with van der Waals surface area (Å²) < 4.78 is 11.9. The molecule has 0 saturated carbocycles. The molecule has 0 aliphatic carbocycles. The van der Waals surface area contributed by atoms with Gasteiger partial charge in [0.15, 0.2) is 0 Å². The van der Waals surface area contributed by atoms with E-state index in [9.17, 15) is 4.39 Å². The number of halogens is 1. The van der Waals surface area contributed by atoms with Gasteiger partial charge in [0.05, 0.1) is 6.67 Å². The van der Waals surface area contributed by atoms with Crippen molar-refractivity contribution < 1.29 is 4.39 Å². The molecular weight excluding hydrogens is 295 g/mol. The average molecular weight is 342 g/mol. The standard InChI is InChI=1S/C23H46F/c1-2-3-4-5-6-7-8-9-10-11-12-13-14-15-16-17-18-19-20-21-22-23-24/h1-23H2. The monoisotopic (exact) mass is 341 g/mol. The van der Waals surface area contributed by atoms with Crippen molar-refractivity contribution in [2.45, 2.75) is 135 Å². The maximum Gasteiger partial charge on any atom is 0.0894 e. The summed E-state index contributed by atoms with van der Waals surface area (Å²) in [6.45, 7) is 3.77. The highest BCUT2D eigenvalue weighted by atomic mass is 19.1. The van der Waals surface area contributed by atoms with Crippen LogP contribution >= 0.6 is 0 Å². The van der Waals surface area contributed by atoms with Crippen LogP contribution in [0, 0.1) is 6.92 Å². The molecule has 0 aromatic carbocycles. The van der Waals surface area contributed by atoms with Crippen molar-refractivity contribution in [3.63, 3.8) is 0 Å². The minimum atomic E-state index is -0.128. The van der Waals surface area contributed by atoms with Crippen LogP contribution in [0.1, 0.15) is 135 Å². The lowest BCUT2D eigenvalue weighted by Gasteiger charge is -2.04. The Hall–Kier alpha value is -0.0700. The topological polar surface area (TPSA) is 0 Å². The van der Waals surface area contributed by atoms with Crippen LogP contribution in [-0.4, -0.2) is 6.67 Å². The van der Waals surface area contributed by atoms with E-state index in [0.717, 1.165) is 19.3 Å². The summed E-state index contributed by atoms with van der Waals surface area (Å²) in [7, 11) is 0. The zero-order valence-corrected chi connectivity index (χ0v) is 16.6. The lowest BCUT2D eigenvalue weighted by Crippen LogP contribution is -1.84. The molecule has 0 nitrogen and oxygen atoms in total. The first-order chi connectivity index (χ1) is 11.9. The molecule has 0 fully saturated rings. The lowest BCUT2D eigenvalue weighted by molar-refractivity contribution is 0.448. The summed E-state index contributed by atoms with van der Waals surface area (Å²) in [5.41, 5.74) is 0. The molecule has 0 amide bonds. The Morgan fingerprint density at radius 1 is 0.333 bits per heavy atom. The number of alkyl halides is 1. The van der Waals surface area contributed by atoms with Gasteiger partial charge in [0.25, 0.3) is 0 Å². The van der Waals surface area contributed by atoms with E-state index in [0.29, 0.717) is 0 Å². The minimum absolute atomic E-state index is 0.128. The molecule has 1 heteroatoms. The highest BCUT2D eigenvalue weighted by Gasteiger charge is 1.95. The van der Waals surface area contributed by atoms with Gasteiger partial charge in [-0.25, -0.2) is 0 Å². The fraction of sp³-hybridized carbons (Fsp3) is 0.957. The molecule has 145 valence electrons. The number of unbranched alkanes of at least 4 members (excludes halogenated alkanes) is 20. The Morgan fingerprint density at radius 2 is 0.542 bits per heavy atom. The van der Waals surface area contributed by atoms with Crippen molar-refractivity contribution in [1.82, 2.24) is 0 Å². The summed E-state index contributed by atoms with van der Waals surface area (Å²) in [5.74, 6) is 0. The van der Waals surface area contributed by atoms with Crippen molar-refractivity contribution in [2.75, 3.05) is 6.67 Å². The molecule has 0 spiro atoms. The van der Waals surface area contributed by atoms with Gasteiger partial charge in [-0.3, -0.25) is 4.39 Å². The van der Waals surface area contributed by atoms with Crippen molar-refractivity contribution in [1.29, 1.82) is 0 Å². The predicted molar refractivity (Wildman–Crippen MR) is 108 cm³/mol. The normalized spacial score (nSPS) is 11.2. The van der Waals surface area contributed by atoms with E-state index >= 15 is 0 Å². The molecule has 24 heavy (non-hydrogen) atoms. The van der Waals surface area contributed by atoms with Crippen molar-refractivity contribution in [3.05, 3.63) is 6.92 Å². The Balaban J connectivity index is 2.93. The summed E-state index contributed by atoms with van der Waals surface area (Å²) in [4.78, 5) is 0. The molecular formula is C23H46F. The molecule has 0 rings (SSSR count). The second-order valence-electron chi connectivity index (χ2n) is 7.61. The molecule has 1 radical (unpaired) electrons. The fourth-order valence-electron chi connectivity index (χ4n) is 3.45. The van der Waals surface area contributed by atoms with E-state index in [1.165, 1.54) is 116 Å². The van der Waals surface area contributed by atoms with Gasteiger partial charge < -0.3 is 0 Å². The Bertz CT molecular complexity index is 180. The molecule has 0 N–H and O–H groups in total. The van der Waals surface area contributed by atoms with Crippen molar-refractivity contribution in [2.24, 2.45) is 0 Å². The summed E-state index contributed by atoms with van der Waals surface area (Å²) in [6.07, 6.45) is 28.3. The minimum Gasteiger partial charge on any atom is -0.251 e. The molecule has 0 atom stereocenters. The smallest absolute Gasteiger partial charge is 0.0894 e. The molecule has 0 aliphatic rings. The molecule has 0 aromatic rings. The molecule has 0 unspecified atom stereocenters. The largest absolute Gasteiger partial charge is 0.251 e. The van der Waals surface area contributed by atoms with Crippen LogP contribution in [0.4, 0.5) is 4.39 Å². The van der Waals surface area contributed by atoms with E-state index in [4.69, 9.17) is 0 Å². The third-order valence-corrected chi connectivity index (χ3v) is 5.13. The van der Waals surface area contributed by atoms with E-state index in [1.807, 2.05) is 0 Å². The molecule has 0 aromatic heterocycles. The van der Waals surface area contributed by atoms with Gasteiger partial charge in [-0.15, -0.1) is 0 Å². The summed E-state index contributed by atoms with van der Waals surface area (Å²) in [5, 5.41) is 0. The lowest BCUT2D eigenvalue weighted by atomic mass is 10.0. The van der Waals surface area contributed by atoms with Gasteiger partial charge in [0.1, 0.15) is 0 Å². The second kappa shape index (κ2) is 22.9. The number of rotatable bonds is 21. The van der Waals surface area contributed by atoms with Crippen LogP contribution in [0.2, 0.25) is 0 Å². The average Bonchev–Trinajstić information content (AvgIpc) is 2.60. The van der Waals surface area contributed by atoms with Gasteiger partial charge >= 0.3 is 0 Å². The van der Waals surface area contributed by atoms with Crippen molar-refractivity contribution in [3.8, 4) is 0 Å². The summed E-state index contributed by atoms with van der Waals surface area (Å²) in [6, 6.07) is 0. The Kier molecular flexibility index (Phi) is 22.9. The van der Waals surface area contributed by atoms with Crippen molar-refractivity contribution >= 4 is 0 Å². The molecule has 0 bridgehead atoms. The van der Waals surface area contributed by atoms with E-state index in [1.54, 1.807) is 0 Å². The van der Waals surface area contributed by atoms with Crippen LogP contribution in [-0.2, 0) is 0 Å². The third-order valence-electron chi connectivity index (χ3n) is 5.13. The van der Waals surface area contributed by atoms with Gasteiger partial charge in [0, 0.05) is 0 Å². The number of hydrogen-bond donors (Lipinski definition) is 0. The zero-order chi connectivity index (χ0) is 17.6. The fourth-order valence-corrected chi connectivity index (χ4v) is 3.45. The molecule has 0 saturated heterocycles. The first-order valence-electron chi connectivity index (χ1n) is 11.3. The first-order valence-corrected chi connectivity index (χ1v) is 11.3. The number of hydrogen-bond acceptors (Lipinski definition) is 0. The van der Waals surface area contributed by atoms with Crippen LogP contribution in [0.3, 0.4) is 0 Å². The van der Waals surface area contributed by atoms with E-state index < -0.39 is 0 Å². The summed E-state index contributed by atoms with van der Waals surface area (Å²) >= 11 is 0. The van der Waals surface area contributed by atoms with Crippen LogP contribution in [0.15, 0.2) is 0 Å². The molecule has 0 aliphatic heterocycles. The molecule has 0 heterocycles. The maximum absolute atomic E-state index is 11.9.